The van der Waals surface area contributed by atoms with Crippen molar-refractivity contribution >= 4 is 24.0 Å². The molecule has 176 valence electrons. The van der Waals surface area contributed by atoms with Gasteiger partial charge in [0.25, 0.3) is 0 Å². The van der Waals surface area contributed by atoms with E-state index in [1.54, 1.807) is 24.3 Å². The predicted molar refractivity (Wildman–Crippen MR) is 111 cm³/mol. The molecule has 0 N–H and O–H groups in total. The smallest absolute Gasteiger partial charge is 0.410 e. The first-order valence-electron chi connectivity index (χ1n) is 10.3. The molecule has 0 unspecified atom stereocenters. The van der Waals surface area contributed by atoms with Gasteiger partial charge in [-0.15, -0.1) is 0 Å². The molecule has 0 aliphatic carbocycles. The van der Waals surface area contributed by atoms with Crippen molar-refractivity contribution in [1.29, 1.82) is 0 Å². The molecule has 1 aliphatic rings. The molecule has 1 fully saturated rings. The summed E-state index contributed by atoms with van der Waals surface area (Å²) in [6.45, 7) is 3.34. The normalized spacial score (nSPS) is 22.2. The van der Waals surface area contributed by atoms with E-state index < -0.39 is 48.4 Å². The first kappa shape index (κ1) is 23.8. The Balaban J connectivity index is 1.97. The molecular formula is C23H25NO9. The number of amides is 1. The topological polar surface area (TPSA) is 122 Å². The van der Waals surface area contributed by atoms with E-state index in [1.165, 1.54) is 31.9 Å². The van der Waals surface area contributed by atoms with E-state index in [1.807, 2.05) is 18.2 Å². The van der Waals surface area contributed by atoms with Crippen LogP contribution in [0.4, 0.5) is 4.79 Å². The van der Waals surface area contributed by atoms with Crippen molar-refractivity contribution in [2.75, 3.05) is 6.54 Å². The standard InChI is InChI=1S/C23H25NO9/c1-14(25)31-19-12-24(23(28)30-13-17-8-5-4-6-9-17)20(18-10-7-11-29-18)22(33-16(3)27)21(19)32-15(2)26/h4-11,19-22H,12-13H2,1-3H3/t19-,20-,21+,22+/m1/s1. The first-order chi connectivity index (χ1) is 15.8. The van der Waals surface area contributed by atoms with Crippen molar-refractivity contribution in [3.05, 3.63) is 60.1 Å². The van der Waals surface area contributed by atoms with Gasteiger partial charge >= 0.3 is 24.0 Å². The number of ether oxygens (including phenoxy) is 4. The lowest BCUT2D eigenvalue weighted by atomic mass is 9.91. The predicted octanol–water partition coefficient (Wildman–Crippen LogP) is 2.77. The summed E-state index contributed by atoms with van der Waals surface area (Å²) < 4.78 is 27.2. The van der Waals surface area contributed by atoms with Crippen molar-refractivity contribution in [3.8, 4) is 0 Å². The second-order valence-electron chi connectivity index (χ2n) is 7.45. The van der Waals surface area contributed by atoms with Crippen molar-refractivity contribution in [3.63, 3.8) is 0 Å². The van der Waals surface area contributed by atoms with E-state index in [9.17, 15) is 19.2 Å². The number of benzene rings is 1. The summed E-state index contributed by atoms with van der Waals surface area (Å²) in [7, 11) is 0. The van der Waals surface area contributed by atoms with E-state index in [0.29, 0.717) is 0 Å². The van der Waals surface area contributed by atoms with Gasteiger partial charge in [-0.05, 0) is 17.7 Å². The maximum absolute atomic E-state index is 13.1. The largest absolute Gasteiger partial charge is 0.467 e. The first-order valence-corrected chi connectivity index (χ1v) is 10.3. The highest BCUT2D eigenvalue weighted by Gasteiger charge is 2.53. The SMILES string of the molecule is CC(=O)O[C@@H]1[C@@H](OC(C)=O)[C@H](OC(C)=O)CN(C(=O)OCc2ccccc2)[C@@H]1c1ccco1. The van der Waals surface area contributed by atoms with Crippen molar-refractivity contribution in [2.24, 2.45) is 0 Å². The molecule has 0 radical (unpaired) electrons. The zero-order chi connectivity index (χ0) is 24.0. The lowest BCUT2D eigenvalue weighted by Crippen LogP contribution is -2.61. The third kappa shape index (κ3) is 6.12. The van der Waals surface area contributed by atoms with Crippen LogP contribution in [0.1, 0.15) is 38.1 Å². The van der Waals surface area contributed by atoms with Crippen LogP contribution < -0.4 is 0 Å². The number of esters is 3. The second-order valence-corrected chi connectivity index (χ2v) is 7.45. The van der Waals surface area contributed by atoms with Crippen LogP contribution in [0, 0.1) is 0 Å². The highest BCUT2D eigenvalue weighted by Crippen LogP contribution is 2.37. The van der Waals surface area contributed by atoms with Crippen molar-refractivity contribution < 1.29 is 42.5 Å². The molecule has 1 saturated heterocycles. The quantitative estimate of drug-likeness (QED) is 0.474. The van der Waals surface area contributed by atoms with Crippen LogP contribution in [0.25, 0.3) is 0 Å². The summed E-state index contributed by atoms with van der Waals surface area (Å²) in [5, 5.41) is 0. The average Bonchev–Trinajstić information content (AvgIpc) is 3.28. The van der Waals surface area contributed by atoms with E-state index in [2.05, 4.69) is 0 Å². The number of carbonyl (C=O) groups is 4. The molecule has 1 aliphatic heterocycles. The molecule has 10 nitrogen and oxygen atoms in total. The molecule has 1 aromatic carbocycles. The zero-order valence-corrected chi connectivity index (χ0v) is 18.5. The molecule has 0 spiro atoms. The Labute approximate surface area is 190 Å². The van der Waals surface area contributed by atoms with Crippen LogP contribution in [-0.2, 0) is 39.9 Å². The molecule has 10 heteroatoms. The highest BCUT2D eigenvalue weighted by atomic mass is 16.6. The Bertz CT molecular complexity index is 973. The molecule has 1 aromatic heterocycles. The van der Waals surface area contributed by atoms with Crippen molar-refractivity contribution in [1.82, 2.24) is 4.90 Å². The van der Waals surface area contributed by atoms with E-state index in [4.69, 9.17) is 23.4 Å². The summed E-state index contributed by atoms with van der Waals surface area (Å²) in [5.41, 5.74) is 0.767. The van der Waals surface area contributed by atoms with Crippen LogP contribution in [-0.4, -0.2) is 53.8 Å². The lowest BCUT2D eigenvalue weighted by Gasteiger charge is -2.45. The van der Waals surface area contributed by atoms with E-state index in [-0.39, 0.29) is 18.9 Å². The van der Waals surface area contributed by atoms with Gasteiger partial charge in [-0.25, -0.2) is 4.79 Å². The minimum absolute atomic E-state index is 0.00904. The van der Waals surface area contributed by atoms with Gasteiger partial charge in [-0.2, -0.15) is 0 Å². The molecule has 0 saturated carbocycles. The molecule has 3 rings (SSSR count). The van der Waals surface area contributed by atoms with Crippen LogP contribution in [0.3, 0.4) is 0 Å². The van der Waals surface area contributed by atoms with Gasteiger partial charge in [0.05, 0.1) is 12.8 Å². The van der Waals surface area contributed by atoms with Crippen LogP contribution in [0.15, 0.2) is 53.1 Å². The van der Waals surface area contributed by atoms with Gasteiger partial charge in [0.15, 0.2) is 18.3 Å². The molecule has 33 heavy (non-hydrogen) atoms. The molecule has 0 bridgehead atoms. The molecule has 4 atom stereocenters. The molecule has 2 heterocycles. The summed E-state index contributed by atoms with van der Waals surface area (Å²) in [5.74, 6) is -1.74. The lowest BCUT2D eigenvalue weighted by molar-refractivity contribution is -0.203. The molecule has 2 aromatic rings. The fourth-order valence-electron chi connectivity index (χ4n) is 3.72. The summed E-state index contributed by atoms with van der Waals surface area (Å²) in [4.78, 5) is 49.9. The number of hydrogen-bond acceptors (Lipinski definition) is 9. The van der Waals surface area contributed by atoms with Gasteiger partial charge < -0.3 is 23.4 Å². The average molecular weight is 459 g/mol. The van der Waals surface area contributed by atoms with Crippen molar-refractivity contribution in [2.45, 2.75) is 51.7 Å². The molecule has 1 amide bonds. The number of likely N-dealkylation sites (tertiary alicyclic amines) is 1. The second kappa shape index (κ2) is 10.7. The monoisotopic (exact) mass is 459 g/mol. The summed E-state index contributed by atoms with van der Waals surface area (Å²) in [6.07, 6.45) is -2.86. The number of hydrogen-bond donors (Lipinski definition) is 0. The van der Waals surface area contributed by atoms with Gasteiger partial charge in [-0.3, -0.25) is 19.3 Å². The van der Waals surface area contributed by atoms with E-state index >= 15 is 0 Å². The maximum Gasteiger partial charge on any atom is 0.410 e. The number of furan rings is 1. The fraction of sp³-hybridized carbons (Fsp3) is 0.391. The third-order valence-corrected chi connectivity index (χ3v) is 4.91. The van der Waals surface area contributed by atoms with Gasteiger partial charge in [0, 0.05) is 20.8 Å². The minimum atomic E-state index is -1.22. The highest BCUT2D eigenvalue weighted by molar-refractivity contribution is 5.71. The Morgan fingerprint density at radius 2 is 1.52 bits per heavy atom. The Morgan fingerprint density at radius 3 is 2.09 bits per heavy atom. The van der Waals surface area contributed by atoms with Crippen LogP contribution >= 0.6 is 0 Å². The number of carbonyl (C=O) groups excluding carboxylic acids is 4. The molecular weight excluding hydrogens is 434 g/mol. The number of nitrogens with zero attached hydrogens (tertiary/aromatic N) is 1. The summed E-state index contributed by atoms with van der Waals surface area (Å²) in [6, 6.07) is 11.3. The Hall–Kier alpha value is -3.82. The van der Waals surface area contributed by atoms with Crippen LogP contribution in [0.5, 0.6) is 0 Å². The third-order valence-electron chi connectivity index (χ3n) is 4.91. The van der Waals surface area contributed by atoms with E-state index in [0.717, 1.165) is 5.56 Å². The van der Waals surface area contributed by atoms with Gasteiger partial charge in [0.1, 0.15) is 18.4 Å². The van der Waals surface area contributed by atoms with Gasteiger partial charge in [0.2, 0.25) is 0 Å². The minimum Gasteiger partial charge on any atom is -0.467 e. The fourth-order valence-corrected chi connectivity index (χ4v) is 3.72. The summed E-state index contributed by atoms with van der Waals surface area (Å²) >= 11 is 0. The number of piperidine rings is 1. The van der Waals surface area contributed by atoms with Crippen LogP contribution in [0.2, 0.25) is 0 Å². The Kier molecular flexibility index (Phi) is 7.70. The zero-order valence-electron chi connectivity index (χ0n) is 18.5. The Morgan fingerprint density at radius 1 is 0.879 bits per heavy atom. The van der Waals surface area contributed by atoms with Gasteiger partial charge in [-0.1, -0.05) is 30.3 Å². The number of rotatable bonds is 6. The maximum atomic E-state index is 13.1.